The Morgan fingerprint density at radius 2 is 1.73 bits per heavy atom. The van der Waals surface area contributed by atoms with E-state index in [0.717, 1.165) is 29.5 Å². The summed E-state index contributed by atoms with van der Waals surface area (Å²) in [5, 5.41) is 10.6. The normalized spacial score (nSPS) is 18.4. The summed E-state index contributed by atoms with van der Waals surface area (Å²) in [7, 11) is 0. The number of amides is 2. The van der Waals surface area contributed by atoms with E-state index in [1.807, 2.05) is 50.2 Å². The largest absolute Gasteiger partial charge is 0.449 e. The molecular formula is C33H34FN3O4. The number of hydrogen-bond acceptors (Lipinski definition) is 5. The summed E-state index contributed by atoms with van der Waals surface area (Å²) in [6.45, 7) is 6.92. The van der Waals surface area contributed by atoms with Crippen LogP contribution in [-0.2, 0) is 16.6 Å². The van der Waals surface area contributed by atoms with E-state index in [9.17, 15) is 19.1 Å². The maximum Gasteiger partial charge on any atom is 0.290 e. The second-order valence-corrected chi connectivity index (χ2v) is 12.2. The number of furan rings is 1. The van der Waals surface area contributed by atoms with Crippen molar-refractivity contribution in [3.63, 3.8) is 0 Å². The number of carbonyl (C=O) groups is 2. The summed E-state index contributed by atoms with van der Waals surface area (Å²) in [6, 6.07) is 19.3. The van der Waals surface area contributed by atoms with Crippen molar-refractivity contribution in [2.45, 2.75) is 57.1 Å². The van der Waals surface area contributed by atoms with Crippen LogP contribution in [0.25, 0.3) is 22.4 Å². The van der Waals surface area contributed by atoms with Crippen LogP contribution in [0.3, 0.4) is 0 Å². The van der Waals surface area contributed by atoms with Gasteiger partial charge in [0.2, 0.25) is 0 Å². The highest BCUT2D eigenvalue weighted by molar-refractivity contribution is 5.97. The highest BCUT2D eigenvalue weighted by Crippen LogP contribution is 2.50. The van der Waals surface area contributed by atoms with E-state index in [4.69, 9.17) is 9.40 Å². The number of pyridine rings is 1. The van der Waals surface area contributed by atoms with Gasteiger partial charge in [-0.05, 0) is 68.0 Å². The third kappa shape index (κ3) is 5.24. The van der Waals surface area contributed by atoms with Gasteiger partial charge in [-0.15, -0.1) is 0 Å². The van der Waals surface area contributed by atoms with Crippen LogP contribution in [0, 0.1) is 5.82 Å². The Labute approximate surface area is 238 Å². The number of aliphatic hydroxyl groups excluding tert-OH is 1. The lowest BCUT2D eigenvalue weighted by molar-refractivity contribution is -0.144. The van der Waals surface area contributed by atoms with Crippen molar-refractivity contribution < 1.29 is 23.5 Å². The standard InChI is InChI=1S/C33H34FN3O4/c1-32(2)20-36(30(39)27(38)17-21-7-5-4-6-8-21)15-16-37(32)31(40)28-19-26-29(41-28)24(33(3)13-14-33)18-25(35-26)22-9-11-23(34)12-10-22/h4-12,18-19,27,38H,13-17,20H2,1-3H3/t27-/m1/s1. The molecule has 1 aliphatic carbocycles. The summed E-state index contributed by atoms with van der Waals surface area (Å²) in [4.78, 5) is 35.1. The first-order valence-electron chi connectivity index (χ1n) is 14.1. The highest BCUT2D eigenvalue weighted by atomic mass is 19.1. The molecule has 3 heterocycles. The molecule has 2 aromatic carbocycles. The molecule has 8 heteroatoms. The van der Waals surface area contributed by atoms with E-state index in [0.29, 0.717) is 36.4 Å². The lowest BCUT2D eigenvalue weighted by Crippen LogP contribution is -2.63. The first kappa shape index (κ1) is 27.1. The van der Waals surface area contributed by atoms with E-state index >= 15 is 0 Å². The number of benzene rings is 2. The second kappa shape index (κ2) is 10.1. The van der Waals surface area contributed by atoms with Crippen LogP contribution < -0.4 is 0 Å². The van der Waals surface area contributed by atoms with Crippen molar-refractivity contribution in [2.24, 2.45) is 0 Å². The van der Waals surface area contributed by atoms with Crippen LogP contribution in [0.1, 0.15) is 55.3 Å². The average Bonchev–Trinajstić information content (AvgIpc) is 3.55. The molecule has 1 saturated heterocycles. The fourth-order valence-corrected chi connectivity index (χ4v) is 5.79. The minimum Gasteiger partial charge on any atom is -0.449 e. The number of aromatic nitrogens is 1. The van der Waals surface area contributed by atoms with E-state index in [1.165, 1.54) is 12.1 Å². The molecule has 0 unspecified atom stereocenters. The summed E-state index contributed by atoms with van der Waals surface area (Å²) in [5.41, 5.74) is 3.86. The van der Waals surface area contributed by atoms with Gasteiger partial charge in [-0.3, -0.25) is 9.59 Å². The Balaban J connectivity index is 1.24. The summed E-state index contributed by atoms with van der Waals surface area (Å²) >= 11 is 0. The molecule has 0 spiro atoms. The van der Waals surface area contributed by atoms with E-state index < -0.39 is 11.6 Å². The van der Waals surface area contributed by atoms with Gasteiger partial charge in [0, 0.05) is 43.2 Å². The Bertz CT molecular complexity index is 1610. The second-order valence-electron chi connectivity index (χ2n) is 12.2. The fraction of sp³-hybridized carbons (Fsp3) is 0.364. The first-order valence-corrected chi connectivity index (χ1v) is 14.1. The van der Waals surface area contributed by atoms with Gasteiger partial charge in [0.05, 0.1) is 11.2 Å². The molecular weight excluding hydrogens is 521 g/mol. The third-order valence-corrected chi connectivity index (χ3v) is 8.50. The first-order chi connectivity index (χ1) is 19.5. The topological polar surface area (TPSA) is 86.9 Å². The number of carbonyl (C=O) groups excluding carboxylic acids is 2. The molecule has 6 rings (SSSR count). The lowest BCUT2D eigenvalue weighted by atomic mass is 9.96. The van der Waals surface area contributed by atoms with Crippen molar-refractivity contribution in [1.82, 2.24) is 14.8 Å². The molecule has 0 radical (unpaired) electrons. The Morgan fingerprint density at radius 1 is 1.02 bits per heavy atom. The fourth-order valence-electron chi connectivity index (χ4n) is 5.79. The molecule has 1 atom stereocenters. The predicted molar refractivity (Wildman–Crippen MR) is 154 cm³/mol. The number of nitrogens with zero attached hydrogens (tertiary/aromatic N) is 3. The summed E-state index contributed by atoms with van der Waals surface area (Å²) in [5.74, 6) is -0.709. The molecule has 1 aliphatic heterocycles. The zero-order valence-corrected chi connectivity index (χ0v) is 23.6. The quantitative estimate of drug-likeness (QED) is 0.347. The van der Waals surface area contributed by atoms with Crippen molar-refractivity contribution in [3.8, 4) is 11.3 Å². The highest BCUT2D eigenvalue weighted by Gasteiger charge is 2.43. The van der Waals surface area contributed by atoms with Gasteiger partial charge < -0.3 is 19.3 Å². The van der Waals surface area contributed by atoms with Crippen LogP contribution in [0.15, 0.2) is 71.1 Å². The van der Waals surface area contributed by atoms with Crippen LogP contribution in [0.5, 0.6) is 0 Å². The molecule has 2 aromatic heterocycles. The van der Waals surface area contributed by atoms with Crippen LogP contribution in [-0.4, -0.2) is 63.0 Å². The van der Waals surface area contributed by atoms with Crippen molar-refractivity contribution in [2.75, 3.05) is 19.6 Å². The van der Waals surface area contributed by atoms with E-state index in [2.05, 4.69) is 6.92 Å². The molecule has 2 amide bonds. The summed E-state index contributed by atoms with van der Waals surface area (Å²) < 4.78 is 19.8. The van der Waals surface area contributed by atoms with Gasteiger partial charge in [-0.25, -0.2) is 9.37 Å². The van der Waals surface area contributed by atoms with Gasteiger partial charge in [0.15, 0.2) is 11.3 Å². The molecule has 7 nitrogen and oxygen atoms in total. The van der Waals surface area contributed by atoms with Crippen molar-refractivity contribution in [3.05, 3.63) is 89.4 Å². The number of halogens is 1. The number of piperazine rings is 1. The summed E-state index contributed by atoms with van der Waals surface area (Å²) in [6.07, 6.45) is 1.12. The maximum atomic E-state index is 13.8. The number of rotatable bonds is 6. The monoisotopic (exact) mass is 555 g/mol. The number of aliphatic hydroxyl groups is 1. The van der Waals surface area contributed by atoms with Crippen LogP contribution in [0.4, 0.5) is 4.39 Å². The Kier molecular flexibility index (Phi) is 6.69. The van der Waals surface area contributed by atoms with Crippen LogP contribution >= 0.6 is 0 Å². The Morgan fingerprint density at radius 3 is 2.39 bits per heavy atom. The zero-order chi connectivity index (χ0) is 28.9. The van der Waals surface area contributed by atoms with E-state index in [1.54, 1.807) is 28.0 Å². The molecule has 212 valence electrons. The SMILES string of the molecule is CC1(c2cc(-c3ccc(F)cc3)nc3cc(C(=O)N4CCN(C(=O)[C@H](O)Cc5ccccc5)CC4(C)C)oc23)CC1. The molecule has 41 heavy (non-hydrogen) atoms. The molecule has 2 aliphatic rings. The van der Waals surface area contributed by atoms with Gasteiger partial charge in [-0.2, -0.15) is 0 Å². The van der Waals surface area contributed by atoms with Crippen LogP contribution in [0.2, 0.25) is 0 Å². The number of fused-ring (bicyclic) bond motifs is 1. The van der Waals surface area contributed by atoms with Gasteiger partial charge in [-0.1, -0.05) is 37.3 Å². The van der Waals surface area contributed by atoms with E-state index in [-0.39, 0.29) is 35.2 Å². The Hall–Kier alpha value is -4.04. The van der Waals surface area contributed by atoms with Gasteiger partial charge >= 0.3 is 0 Å². The van der Waals surface area contributed by atoms with Gasteiger partial charge in [0.1, 0.15) is 17.4 Å². The molecule has 2 fully saturated rings. The molecule has 1 N–H and O–H groups in total. The maximum absolute atomic E-state index is 13.8. The smallest absolute Gasteiger partial charge is 0.290 e. The predicted octanol–water partition coefficient (Wildman–Crippen LogP) is 5.35. The molecule has 1 saturated carbocycles. The van der Waals surface area contributed by atoms with Gasteiger partial charge in [0.25, 0.3) is 11.8 Å². The van der Waals surface area contributed by atoms with Crippen molar-refractivity contribution >= 4 is 22.9 Å². The third-order valence-electron chi connectivity index (χ3n) is 8.50. The average molecular weight is 556 g/mol. The minimum absolute atomic E-state index is 0.0556. The minimum atomic E-state index is -1.14. The lowest BCUT2D eigenvalue weighted by Gasteiger charge is -2.47. The number of hydrogen-bond donors (Lipinski definition) is 1. The zero-order valence-electron chi connectivity index (χ0n) is 23.6. The van der Waals surface area contributed by atoms with Crippen molar-refractivity contribution in [1.29, 1.82) is 0 Å². The molecule has 0 bridgehead atoms. The molecule has 4 aromatic rings.